The van der Waals surface area contributed by atoms with Crippen LogP contribution in [0.2, 0.25) is 0 Å². The predicted molar refractivity (Wildman–Crippen MR) is 61.8 cm³/mol. The molecule has 1 fully saturated rings. The molecule has 1 aliphatic carbocycles. The monoisotopic (exact) mass is 212 g/mol. The summed E-state index contributed by atoms with van der Waals surface area (Å²) in [5.74, 6) is 0.570. The van der Waals surface area contributed by atoms with E-state index in [0.717, 1.165) is 18.8 Å². The Labute approximate surface area is 93.1 Å². The number of hydrogen-bond acceptors (Lipinski definition) is 1. The first-order valence-electron chi connectivity index (χ1n) is 6.11. The van der Waals surface area contributed by atoms with Crippen LogP contribution in [0.4, 0.5) is 0 Å². The van der Waals surface area contributed by atoms with E-state index in [2.05, 4.69) is 20.8 Å². The molecule has 0 aromatic heterocycles. The highest BCUT2D eigenvalue weighted by atomic mass is 16.4. The van der Waals surface area contributed by atoms with Crippen LogP contribution >= 0.6 is 0 Å². The summed E-state index contributed by atoms with van der Waals surface area (Å²) in [6.45, 7) is 6.90. The van der Waals surface area contributed by atoms with E-state index in [1.165, 1.54) is 19.3 Å². The van der Waals surface area contributed by atoms with Crippen LogP contribution in [0.25, 0.3) is 0 Å². The van der Waals surface area contributed by atoms with Gasteiger partial charge in [0.2, 0.25) is 0 Å². The molecule has 0 aliphatic heterocycles. The second-order valence-corrected chi connectivity index (χ2v) is 6.04. The van der Waals surface area contributed by atoms with Gasteiger partial charge in [-0.25, -0.2) is 0 Å². The van der Waals surface area contributed by atoms with Crippen molar-refractivity contribution in [3.8, 4) is 0 Å². The van der Waals surface area contributed by atoms with Gasteiger partial charge in [0, 0.05) is 6.42 Å². The van der Waals surface area contributed by atoms with E-state index in [1.54, 1.807) is 0 Å². The largest absolute Gasteiger partial charge is 0.481 e. The van der Waals surface area contributed by atoms with Gasteiger partial charge in [0.15, 0.2) is 0 Å². The summed E-state index contributed by atoms with van der Waals surface area (Å²) in [4.78, 5) is 10.7. The molecule has 1 aliphatic rings. The number of carbonyl (C=O) groups is 1. The molecule has 0 saturated heterocycles. The number of hydrogen-bond donors (Lipinski definition) is 1. The zero-order valence-electron chi connectivity index (χ0n) is 10.3. The van der Waals surface area contributed by atoms with Crippen molar-refractivity contribution >= 4 is 5.97 Å². The molecule has 2 atom stereocenters. The van der Waals surface area contributed by atoms with Gasteiger partial charge < -0.3 is 5.11 Å². The predicted octanol–water partition coefficient (Wildman–Crippen LogP) is 3.70. The zero-order valence-corrected chi connectivity index (χ0v) is 10.3. The Kier molecular flexibility index (Phi) is 4.18. The molecule has 0 spiro atoms. The van der Waals surface area contributed by atoms with Gasteiger partial charge in [-0.2, -0.15) is 0 Å². The van der Waals surface area contributed by atoms with Crippen LogP contribution in [-0.4, -0.2) is 11.1 Å². The van der Waals surface area contributed by atoms with Crippen LogP contribution < -0.4 is 0 Å². The molecule has 1 N–H and O–H groups in total. The molecule has 88 valence electrons. The van der Waals surface area contributed by atoms with Gasteiger partial charge in [-0.15, -0.1) is 0 Å². The van der Waals surface area contributed by atoms with Crippen molar-refractivity contribution in [2.24, 2.45) is 17.3 Å². The summed E-state index contributed by atoms with van der Waals surface area (Å²) in [5.41, 5.74) is 0.387. The molecular weight excluding hydrogens is 188 g/mol. The van der Waals surface area contributed by atoms with E-state index in [9.17, 15) is 4.79 Å². The van der Waals surface area contributed by atoms with E-state index in [4.69, 9.17) is 5.11 Å². The standard InChI is InChI=1S/C13H24O2/c1-13(2,3)11-6-4-5-10(7-8-11)9-12(14)15/h10-11H,4-9H2,1-3H3,(H,14,15). The molecule has 0 heterocycles. The second kappa shape index (κ2) is 5.00. The van der Waals surface area contributed by atoms with Gasteiger partial charge in [-0.3, -0.25) is 4.79 Å². The van der Waals surface area contributed by atoms with E-state index in [-0.39, 0.29) is 0 Å². The minimum absolute atomic E-state index is 0.372. The minimum atomic E-state index is -0.630. The number of rotatable bonds is 2. The van der Waals surface area contributed by atoms with Gasteiger partial charge >= 0.3 is 5.97 Å². The van der Waals surface area contributed by atoms with Crippen molar-refractivity contribution in [3.05, 3.63) is 0 Å². The lowest BCUT2D eigenvalue weighted by atomic mass is 9.76. The fourth-order valence-corrected chi connectivity index (χ4v) is 2.70. The van der Waals surface area contributed by atoms with Crippen LogP contribution in [-0.2, 0) is 4.79 Å². The quantitative estimate of drug-likeness (QED) is 0.708. The van der Waals surface area contributed by atoms with E-state index < -0.39 is 5.97 Å². The van der Waals surface area contributed by atoms with Crippen molar-refractivity contribution in [2.45, 2.75) is 59.3 Å². The van der Waals surface area contributed by atoms with Crippen LogP contribution in [0.1, 0.15) is 59.3 Å². The van der Waals surface area contributed by atoms with Crippen LogP contribution in [0, 0.1) is 17.3 Å². The van der Waals surface area contributed by atoms with E-state index in [1.807, 2.05) is 0 Å². The number of aliphatic carboxylic acids is 1. The topological polar surface area (TPSA) is 37.3 Å². The molecule has 1 rings (SSSR count). The summed E-state index contributed by atoms with van der Waals surface area (Å²) in [6, 6.07) is 0. The van der Waals surface area contributed by atoms with Crippen LogP contribution in [0.3, 0.4) is 0 Å². The van der Waals surface area contributed by atoms with Crippen molar-refractivity contribution in [3.63, 3.8) is 0 Å². The number of carboxylic acid groups (broad SMARTS) is 1. The first-order chi connectivity index (χ1) is 6.89. The minimum Gasteiger partial charge on any atom is -0.481 e. The molecule has 0 aromatic rings. The molecule has 0 aromatic carbocycles. The Hall–Kier alpha value is -0.530. The Morgan fingerprint density at radius 2 is 1.87 bits per heavy atom. The summed E-state index contributed by atoms with van der Waals surface area (Å²) in [5, 5.41) is 8.78. The van der Waals surface area contributed by atoms with E-state index >= 15 is 0 Å². The molecule has 2 nitrogen and oxygen atoms in total. The highest BCUT2D eigenvalue weighted by molar-refractivity contribution is 5.66. The second-order valence-electron chi connectivity index (χ2n) is 6.04. The van der Waals surface area contributed by atoms with Crippen LogP contribution in [0.5, 0.6) is 0 Å². The Morgan fingerprint density at radius 3 is 2.40 bits per heavy atom. The molecular formula is C13H24O2. The first-order valence-corrected chi connectivity index (χ1v) is 6.11. The molecule has 15 heavy (non-hydrogen) atoms. The highest BCUT2D eigenvalue weighted by Gasteiger charge is 2.28. The van der Waals surface area contributed by atoms with Gasteiger partial charge in [-0.1, -0.05) is 27.2 Å². The molecule has 1 saturated carbocycles. The summed E-state index contributed by atoms with van der Waals surface area (Å²) < 4.78 is 0. The zero-order chi connectivity index (χ0) is 11.5. The van der Waals surface area contributed by atoms with Gasteiger partial charge in [0.1, 0.15) is 0 Å². The van der Waals surface area contributed by atoms with Crippen molar-refractivity contribution < 1.29 is 9.90 Å². The van der Waals surface area contributed by atoms with Crippen molar-refractivity contribution in [1.29, 1.82) is 0 Å². The van der Waals surface area contributed by atoms with Crippen molar-refractivity contribution in [2.75, 3.05) is 0 Å². The lowest BCUT2D eigenvalue weighted by Crippen LogP contribution is -2.19. The first kappa shape index (κ1) is 12.5. The third-order valence-corrected chi connectivity index (χ3v) is 3.78. The fourth-order valence-electron chi connectivity index (χ4n) is 2.70. The lowest BCUT2D eigenvalue weighted by molar-refractivity contribution is -0.138. The maximum absolute atomic E-state index is 10.7. The summed E-state index contributed by atoms with van der Waals surface area (Å²) >= 11 is 0. The third-order valence-electron chi connectivity index (χ3n) is 3.78. The maximum Gasteiger partial charge on any atom is 0.303 e. The highest BCUT2D eigenvalue weighted by Crippen LogP contribution is 2.38. The molecule has 0 bridgehead atoms. The lowest BCUT2D eigenvalue weighted by Gasteiger charge is -2.29. The SMILES string of the molecule is CC(C)(C)C1CCCC(CC(=O)O)CC1. The average molecular weight is 212 g/mol. The Bertz CT molecular complexity index is 215. The Morgan fingerprint density at radius 1 is 1.20 bits per heavy atom. The Balaban J connectivity index is 2.45. The number of carboxylic acids is 1. The van der Waals surface area contributed by atoms with Gasteiger partial charge in [0.25, 0.3) is 0 Å². The molecule has 2 unspecified atom stereocenters. The van der Waals surface area contributed by atoms with Gasteiger partial charge in [0.05, 0.1) is 0 Å². The molecule has 2 heteroatoms. The fraction of sp³-hybridized carbons (Fsp3) is 0.923. The smallest absolute Gasteiger partial charge is 0.303 e. The van der Waals surface area contributed by atoms with Crippen molar-refractivity contribution in [1.82, 2.24) is 0 Å². The molecule has 0 amide bonds. The average Bonchev–Trinajstić information content (AvgIpc) is 2.27. The normalized spacial score (nSPS) is 28.5. The summed E-state index contributed by atoms with van der Waals surface area (Å²) in [6.07, 6.45) is 6.28. The van der Waals surface area contributed by atoms with E-state index in [0.29, 0.717) is 17.8 Å². The van der Waals surface area contributed by atoms with Gasteiger partial charge in [-0.05, 0) is 42.9 Å². The molecule has 0 radical (unpaired) electrons. The maximum atomic E-state index is 10.7. The summed E-state index contributed by atoms with van der Waals surface area (Å²) in [7, 11) is 0. The van der Waals surface area contributed by atoms with Crippen LogP contribution in [0.15, 0.2) is 0 Å². The third kappa shape index (κ3) is 4.23.